The molecule has 23 heavy (non-hydrogen) atoms. The van der Waals surface area contributed by atoms with Gasteiger partial charge in [-0.25, -0.2) is 4.79 Å². The summed E-state index contributed by atoms with van der Waals surface area (Å²) in [5, 5.41) is 3.27. The number of Topliss-reactive ketones (excluding diaryl/α,β-unsaturated/α-hetero) is 1. The van der Waals surface area contributed by atoms with Crippen LogP contribution in [-0.4, -0.2) is 18.9 Å². The summed E-state index contributed by atoms with van der Waals surface area (Å²) in [6.07, 6.45) is 2.23. The van der Waals surface area contributed by atoms with Crippen LogP contribution in [0.15, 0.2) is 33.1 Å². The summed E-state index contributed by atoms with van der Waals surface area (Å²) in [5.41, 5.74) is 3.00. The van der Waals surface area contributed by atoms with Gasteiger partial charge in [0, 0.05) is 37.6 Å². The van der Waals surface area contributed by atoms with Crippen molar-refractivity contribution < 1.29 is 14.3 Å². The molecular weight excluding hydrogens is 378 g/mol. The molecule has 1 aromatic heterocycles. The molecule has 6 heteroatoms. The van der Waals surface area contributed by atoms with Gasteiger partial charge < -0.3 is 10.1 Å². The summed E-state index contributed by atoms with van der Waals surface area (Å²) in [5.74, 6) is -0.589. The Morgan fingerprint density at radius 1 is 1.39 bits per heavy atom. The molecule has 0 aromatic carbocycles. The van der Waals surface area contributed by atoms with Crippen molar-refractivity contribution in [1.82, 2.24) is 5.32 Å². The van der Waals surface area contributed by atoms with Gasteiger partial charge in [0.25, 0.3) is 0 Å². The quantitative estimate of drug-likeness (QED) is 0.769. The molecule has 1 aliphatic heterocycles. The van der Waals surface area contributed by atoms with Gasteiger partial charge in [-0.15, -0.1) is 11.3 Å². The molecule has 1 N–H and O–H groups in total. The van der Waals surface area contributed by atoms with Gasteiger partial charge in [-0.1, -0.05) is 0 Å². The van der Waals surface area contributed by atoms with Crippen molar-refractivity contribution in [3.05, 3.63) is 42.8 Å². The highest BCUT2D eigenvalue weighted by atomic mass is 79.9. The number of allylic oxidation sites excluding steroid dienone is 3. The third kappa shape index (κ3) is 2.78. The lowest BCUT2D eigenvalue weighted by atomic mass is 9.78. The van der Waals surface area contributed by atoms with E-state index in [0.717, 1.165) is 44.0 Å². The monoisotopic (exact) mass is 395 g/mol. The SMILES string of the molecule is COC(=O)C1=C(C)NC2=C(C(=O)CCC2)[C@H]1c1cc(Br)c(C)s1. The number of carbonyl (C=O) groups is 2. The van der Waals surface area contributed by atoms with E-state index < -0.39 is 0 Å². The van der Waals surface area contributed by atoms with Crippen molar-refractivity contribution in [2.75, 3.05) is 7.11 Å². The third-order valence-corrected chi connectivity index (χ3v) is 6.54. The van der Waals surface area contributed by atoms with E-state index in [-0.39, 0.29) is 17.7 Å². The molecule has 0 bridgehead atoms. The third-order valence-electron chi connectivity index (χ3n) is 4.34. The molecule has 3 rings (SSSR count). The van der Waals surface area contributed by atoms with E-state index >= 15 is 0 Å². The Hall–Kier alpha value is -1.40. The lowest BCUT2D eigenvalue weighted by molar-refractivity contribution is -0.136. The highest BCUT2D eigenvalue weighted by Crippen LogP contribution is 2.45. The van der Waals surface area contributed by atoms with E-state index in [4.69, 9.17) is 4.74 Å². The number of thiophene rings is 1. The molecule has 0 fully saturated rings. The molecule has 1 aromatic rings. The number of halogens is 1. The molecule has 0 saturated heterocycles. The minimum atomic E-state index is -0.382. The fourth-order valence-electron chi connectivity index (χ4n) is 3.27. The lowest BCUT2D eigenvalue weighted by Crippen LogP contribution is -2.33. The molecule has 4 nitrogen and oxygen atoms in total. The van der Waals surface area contributed by atoms with Crippen LogP contribution >= 0.6 is 27.3 Å². The van der Waals surface area contributed by atoms with Crippen molar-refractivity contribution in [3.63, 3.8) is 0 Å². The summed E-state index contributed by atoms with van der Waals surface area (Å²) in [6, 6.07) is 2.01. The van der Waals surface area contributed by atoms with Gasteiger partial charge in [-0.3, -0.25) is 4.79 Å². The number of hydrogen-bond acceptors (Lipinski definition) is 5. The van der Waals surface area contributed by atoms with Crippen LogP contribution in [0.4, 0.5) is 0 Å². The molecule has 122 valence electrons. The zero-order valence-corrected chi connectivity index (χ0v) is 15.7. The molecule has 0 radical (unpaired) electrons. The molecule has 0 unspecified atom stereocenters. The highest BCUT2D eigenvalue weighted by Gasteiger charge is 2.39. The maximum atomic E-state index is 12.6. The lowest BCUT2D eigenvalue weighted by Gasteiger charge is -2.33. The normalized spacial score (nSPS) is 21.2. The van der Waals surface area contributed by atoms with E-state index in [1.165, 1.54) is 7.11 Å². The van der Waals surface area contributed by atoms with Crippen LogP contribution in [0.25, 0.3) is 0 Å². The number of hydrogen-bond donors (Lipinski definition) is 1. The smallest absolute Gasteiger partial charge is 0.336 e. The maximum Gasteiger partial charge on any atom is 0.336 e. The Bertz CT molecular complexity index is 740. The number of ether oxygens (including phenoxy) is 1. The number of carbonyl (C=O) groups excluding carboxylic acids is 2. The number of esters is 1. The topological polar surface area (TPSA) is 55.4 Å². The number of nitrogens with one attached hydrogen (secondary N) is 1. The van der Waals surface area contributed by atoms with E-state index in [9.17, 15) is 9.59 Å². The van der Waals surface area contributed by atoms with Gasteiger partial charge in [0.15, 0.2) is 5.78 Å². The summed E-state index contributed by atoms with van der Waals surface area (Å²) in [6.45, 7) is 3.89. The second-order valence-electron chi connectivity index (χ2n) is 5.81. The Kier molecular flexibility index (Phi) is 4.47. The zero-order valence-electron chi connectivity index (χ0n) is 13.3. The minimum Gasteiger partial charge on any atom is -0.466 e. The Balaban J connectivity index is 2.20. The number of rotatable bonds is 2. The summed E-state index contributed by atoms with van der Waals surface area (Å²) >= 11 is 5.15. The van der Waals surface area contributed by atoms with Gasteiger partial charge >= 0.3 is 5.97 Å². The highest BCUT2D eigenvalue weighted by molar-refractivity contribution is 9.10. The fraction of sp³-hybridized carbons (Fsp3) is 0.412. The number of methoxy groups -OCH3 is 1. The number of aryl methyl sites for hydroxylation is 1. The van der Waals surface area contributed by atoms with Gasteiger partial charge in [-0.05, 0) is 48.7 Å². The Morgan fingerprint density at radius 2 is 2.13 bits per heavy atom. The van der Waals surface area contributed by atoms with Crippen molar-refractivity contribution in [2.45, 2.75) is 39.0 Å². The zero-order chi connectivity index (χ0) is 16.7. The predicted molar refractivity (Wildman–Crippen MR) is 93.2 cm³/mol. The van der Waals surface area contributed by atoms with Crippen LogP contribution in [0.2, 0.25) is 0 Å². The van der Waals surface area contributed by atoms with Crippen LogP contribution in [0, 0.1) is 6.92 Å². The van der Waals surface area contributed by atoms with Crippen molar-refractivity contribution in [2.24, 2.45) is 0 Å². The molecule has 2 heterocycles. The van der Waals surface area contributed by atoms with Crippen LogP contribution in [-0.2, 0) is 14.3 Å². The summed E-state index contributed by atoms with van der Waals surface area (Å²) < 4.78 is 5.99. The van der Waals surface area contributed by atoms with Crippen LogP contribution in [0.1, 0.15) is 41.9 Å². The number of ketones is 1. The standard InChI is InChI=1S/C17H18BrNO3S/c1-8-14(17(21)22-3)16(13-7-10(18)9(2)23-13)15-11(19-8)5-4-6-12(15)20/h7,16,19H,4-6H2,1-3H3/t16-/m0/s1. The fourth-order valence-corrected chi connectivity index (χ4v) is 4.95. The Morgan fingerprint density at radius 3 is 2.74 bits per heavy atom. The van der Waals surface area contributed by atoms with Gasteiger partial charge in [0.2, 0.25) is 0 Å². The van der Waals surface area contributed by atoms with Crippen molar-refractivity contribution >= 4 is 39.0 Å². The summed E-state index contributed by atoms with van der Waals surface area (Å²) in [7, 11) is 1.38. The van der Waals surface area contributed by atoms with Gasteiger partial charge in [0.1, 0.15) is 0 Å². The molecular formula is C17H18BrNO3S. The minimum absolute atomic E-state index is 0.125. The summed E-state index contributed by atoms with van der Waals surface area (Å²) in [4.78, 5) is 27.1. The molecule has 1 aliphatic carbocycles. The van der Waals surface area contributed by atoms with Crippen LogP contribution in [0.3, 0.4) is 0 Å². The number of dihydropyridines is 1. The second-order valence-corrected chi connectivity index (χ2v) is 7.95. The van der Waals surface area contributed by atoms with E-state index in [2.05, 4.69) is 21.2 Å². The van der Waals surface area contributed by atoms with Crippen molar-refractivity contribution in [3.8, 4) is 0 Å². The van der Waals surface area contributed by atoms with Crippen molar-refractivity contribution in [1.29, 1.82) is 0 Å². The second kappa shape index (κ2) is 6.24. The maximum absolute atomic E-state index is 12.6. The van der Waals surface area contributed by atoms with Crippen LogP contribution in [0.5, 0.6) is 0 Å². The van der Waals surface area contributed by atoms with Crippen LogP contribution < -0.4 is 5.32 Å². The molecule has 2 aliphatic rings. The molecule has 1 atom stereocenters. The van der Waals surface area contributed by atoms with Gasteiger partial charge in [0.05, 0.1) is 18.6 Å². The van der Waals surface area contributed by atoms with E-state index in [0.29, 0.717) is 12.0 Å². The molecule has 0 spiro atoms. The first kappa shape index (κ1) is 16.5. The van der Waals surface area contributed by atoms with E-state index in [1.807, 2.05) is 19.9 Å². The largest absolute Gasteiger partial charge is 0.466 e. The Labute approximate surface area is 147 Å². The molecule has 0 saturated carbocycles. The van der Waals surface area contributed by atoms with Gasteiger partial charge in [-0.2, -0.15) is 0 Å². The van der Waals surface area contributed by atoms with E-state index in [1.54, 1.807) is 11.3 Å². The first-order valence-corrected chi connectivity index (χ1v) is 9.13. The first-order chi connectivity index (χ1) is 10.9. The average Bonchev–Trinajstić information content (AvgIpc) is 2.84. The average molecular weight is 396 g/mol. The molecule has 0 amide bonds. The first-order valence-electron chi connectivity index (χ1n) is 7.52. The predicted octanol–water partition coefficient (Wildman–Crippen LogP) is 3.96.